The van der Waals surface area contributed by atoms with Crippen LogP contribution in [0.1, 0.15) is 10.4 Å². The third kappa shape index (κ3) is 1.24. The van der Waals surface area contributed by atoms with Gasteiger partial charge in [0.05, 0.1) is 5.56 Å². The lowest BCUT2D eigenvalue weighted by Crippen LogP contribution is -1.98. The lowest BCUT2D eigenvalue weighted by Gasteiger charge is -1.86. The number of rotatable bonds is 2. The molecule has 14 heavy (non-hydrogen) atoms. The molecule has 68 valence electrons. The van der Waals surface area contributed by atoms with Gasteiger partial charge in [-0.1, -0.05) is 18.2 Å². The Kier molecular flexibility index (Phi) is 1.97. The van der Waals surface area contributed by atoms with Gasteiger partial charge in [0.15, 0.2) is 0 Å². The van der Waals surface area contributed by atoms with Crippen LogP contribution < -0.4 is 0 Å². The summed E-state index contributed by atoms with van der Waals surface area (Å²) in [5, 5.41) is 0.720. The largest absolute Gasteiger partial charge is 0.464 e. The smallest absolute Gasteiger partial charge is 0.328 e. The first kappa shape index (κ1) is 8.41. The number of hydrogen-bond acceptors (Lipinski definition) is 2. The lowest BCUT2D eigenvalue weighted by atomic mass is 10.1. The number of hydrogen-bond donors (Lipinski definition) is 0. The van der Waals surface area contributed by atoms with Gasteiger partial charge in [0.2, 0.25) is 0 Å². The van der Waals surface area contributed by atoms with Gasteiger partial charge in [0.1, 0.15) is 11.8 Å². The van der Waals surface area contributed by atoms with E-state index in [0.29, 0.717) is 11.1 Å². The Bertz CT molecular complexity index is 536. The van der Waals surface area contributed by atoms with Gasteiger partial charge >= 0.3 is 6.21 Å². The fourth-order valence-corrected chi connectivity index (χ4v) is 1.29. The van der Waals surface area contributed by atoms with Crippen LogP contribution in [0.3, 0.4) is 0 Å². The van der Waals surface area contributed by atoms with Crippen LogP contribution in [0.2, 0.25) is 0 Å². The van der Waals surface area contributed by atoms with E-state index in [4.69, 9.17) is 9.95 Å². The highest BCUT2D eigenvalue weighted by atomic mass is 16.3. The van der Waals surface area contributed by atoms with Crippen LogP contribution in [-0.4, -0.2) is 16.8 Å². The number of Topliss-reactive ketones (excluding diaryl/α,β-unsaturated/α-hetero) is 1. The summed E-state index contributed by atoms with van der Waals surface area (Å²) in [5.74, 6) is -0.377. The van der Waals surface area contributed by atoms with Crippen molar-refractivity contribution in [2.45, 2.75) is 0 Å². The summed E-state index contributed by atoms with van der Waals surface area (Å²) >= 11 is 0. The summed E-state index contributed by atoms with van der Waals surface area (Å²) in [6.07, 6.45) is 2.20. The maximum atomic E-state index is 11.4. The Morgan fingerprint density at radius 3 is 3.00 bits per heavy atom. The third-order valence-corrected chi connectivity index (χ3v) is 1.92. The summed E-state index contributed by atoms with van der Waals surface area (Å²) in [6.45, 7) is 0. The molecule has 1 aromatic carbocycles. The minimum absolute atomic E-state index is 0.377. The van der Waals surface area contributed by atoms with Crippen LogP contribution in [0, 0.1) is 0 Å². The van der Waals surface area contributed by atoms with E-state index in [9.17, 15) is 4.79 Å². The SMILES string of the molecule is [N-]=[N+]=CC(=O)c1coc2ccccc12. The summed E-state index contributed by atoms with van der Waals surface area (Å²) in [5.41, 5.74) is 9.27. The van der Waals surface area contributed by atoms with Crippen molar-refractivity contribution in [2.75, 3.05) is 0 Å². The summed E-state index contributed by atoms with van der Waals surface area (Å²) < 4.78 is 5.15. The molecule has 0 aliphatic rings. The second kappa shape index (κ2) is 3.28. The van der Waals surface area contributed by atoms with E-state index in [2.05, 4.69) is 4.79 Å². The molecule has 0 unspecified atom stereocenters. The van der Waals surface area contributed by atoms with Crippen molar-refractivity contribution in [2.24, 2.45) is 0 Å². The molecule has 0 aliphatic heterocycles. The first-order valence-corrected chi connectivity index (χ1v) is 4.01. The van der Waals surface area contributed by atoms with E-state index in [1.54, 1.807) is 12.1 Å². The maximum Gasteiger partial charge on any atom is 0.328 e. The average molecular weight is 186 g/mol. The van der Waals surface area contributed by atoms with Crippen LogP contribution in [0.5, 0.6) is 0 Å². The zero-order chi connectivity index (χ0) is 9.97. The van der Waals surface area contributed by atoms with Gasteiger partial charge in [-0.25, -0.2) is 0 Å². The molecule has 0 fully saturated rings. The molecule has 1 aromatic heterocycles. The fraction of sp³-hybridized carbons (Fsp3) is 0. The number of carbonyl (C=O) groups excluding carboxylic acids is 1. The number of para-hydroxylation sites is 1. The minimum atomic E-state index is -0.377. The average Bonchev–Trinajstić information content (AvgIpc) is 2.61. The number of carbonyl (C=O) groups is 1. The summed E-state index contributed by atoms with van der Waals surface area (Å²) in [6, 6.07) is 7.17. The number of ketones is 1. The predicted octanol–water partition coefficient (Wildman–Crippen LogP) is 1.92. The van der Waals surface area contributed by atoms with Crippen LogP contribution in [-0.2, 0) is 0 Å². The van der Waals surface area contributed by atoms with Crippen molar-refractivity contribution in [3.05, 3.63) is 41.6 Å². The molecule has 0 radical (unpaired) electrons. The van der Waals surface area contributed by atoms with Crippen LogP contribution in [0.25, 0.3) is 16.5 Å². The fourth-order valence-electron chi connectivity index (χ4n) is 1.29. The predicted molar refractivity (Wildman–Crippen MR) is 50.2 cm³/mol. The maximum absolute atomic E-state index is 11.4. The van der Waals surface area contributed by atoms with Crippen LogP contribution in [0.4, 0.5) is 0 Å². The molecule has 4 heteroatoms. The first-order valence-electron chi connectivity index (χ1n) is 4.01. The number of nitrogens with zero attached hydrogens (tertiary/aromatic N) is 2. The lowest BCUT2D eigenvalue weighted by molar-refractivity contribution is 0.00235. The van der Waals surface area contributed by atoms with Crippen molar-refractivity contribution in [3.8, 4) is 0 Å². The van der Waals surface area contributed by atoms with E-state index in [1.807, 2.05) is 12.1 Å². The molecule has 0 N–H and O–H groups in total. The second-order valence-corrected chi connectivity index (χ2v) is 2.75. The van der Waals surface area contributed by atoms with Crippen LogP contribution in [0.15, 0.2) is 34.9 Å². The van der Waals surface area contributed by atoms with Gasteiger partial charge in [0, 0.05) is 5.39 Å². The third-order valence-electron chi connectivity index (χ3n) is 1.92. The molecular formula is C10H6N2O2. The molecule has 0 bridgehead atoms. The van der Waals surface area contributed by atoms with E-state index in [0.717, 1.165) is 11.6 Å². The number of furan rings is 1. The Morgan fingerprint density at radius 2 is 2.21 bits per heavy atom. The van der Waals surface area contributed by atoms with E-state index >= 15 is 0 Å². The van der Waals surface area contributed by atoms with Crippen molar-refractivity contribution < 1.29 is 14.0 Å². The normalized spacial score (nSPS) is 9.71. The van der Waals surface area contributed by atoms with Gasteiger partial charge in [-0.3, -0.25) is 4.79 Å². The molecule has 2 aromatic rings. The summed E-state index contributed by atoms with van der Waals surface area (Å²) in [7, 11) is 0. The minimum Gasteiger partial charge on any atom is -0.464 e. The molecule has 0 saturated carbocycles. The highest BCUT2D eigenvalue weighted by molar-refractivity contribution is 6.36. The molecule has 0 saturated heterocycles. The van der Waals surface area contributed by atoms with Crippen LogP contribution >= 0.6 is 0 Å². The Labute approximate surface area is 79.4 Å². The molecule has 0 amide bonds. The Hall–Kier alpha value is -2.19. The topological polar surface area (TPSA) is 66.6 Å². The van der Waals surface area contributed by atoms with Gasteiger partial charge in [-0.05, 0) is 6.07 Å². The highest BCUT2D eigenvalue weighted by Gasteiger charge is 2.13. The monoisotopic (exact) mass is 186 g/mol. The van der Waals surface area contributed by atoms with Crippen molar-refractivity contribution in [1.29, 1.82) is 0 Å². The number of fused-ring (bicyclic) bond motifs is 1. The number of benzene rings is 1. The standard InChI is InChI=1S/C10H6N2O2/c11-12-5-9(13)8-6-14-10-4-2-1-3-7(8)10/h1-6H. The molecule has 0 spiro atoms. The Balaban J connectivity index is 2.64. The zero-order valence-corrected chi connectivity index (χ0v) is 7.18. The molecular weight excluding hydrogens is 180 g/mol. The zero-order valence-electron chi connectivity index (χ0n) is 7.18. The molecule has 0 atom stereocenters. The van der Waals surface area contributed by atoms with Gasteiger partial charge in [-0.15, -0.1) is 0 Å². The first-order chi connectivity index (χ1) is 6.83. The molecule has 2 rings (SSSR count). The molecule has 4 nitrogen and oxygen atoms in total. The summed E-state index contributed by atoms with van der Waals surface area (Å²) in [4.78, 5) is 14.0. The van der Waals surface area contributed by atoms with Gasteiger partial charge in [0.25, 0.3) is 5.78 Å². The van der Waals surface area contributed by atoms with Gasteiger partial charge in [-0.2, -0.15) is 4.79 Å². The van der Waals surface area contributed by atoms with E-state index in [1.165, 1.54) is 6.26 Å². The van der Waals surface area contributed by atoms with Crippen molar-refractivity contribution >= 4 is 23.0 Å². The highest BCUT2D eigenvalue weighted by Crippen LogP contribution is 2.20. The Morgan fingerprint density at radius 1 is 1.43 bits per heavy atom. The van der Waals surface area contributed by atoms with Crippen molar-refractivity contribution in [1.82, 2.24) is 0 Å². The van der Waals surface area contributed by atoms with E-state index < -0.39 is 0 Å². The van der Waals surface area contributed by atoms with Crippen molar-refractivity contribution in [3.63, 3.8) is 0 Å². The van der Waals surface area contributed by atoms with Gasteiger partial charge < -0.3 is 9.95 Å². The quantitative estimate of drug-likeness (QED) is 0.311. The molecule has 1 heterocycles. The second-order valence-electron chi connectivity index (χ2n) is 2.75. The van der Waals surface area contributed by atoms with E-state index in [-0.39, 0.29) is 5.78 Å². The molecule has 0 aliphatic carbocycles.